The average molecular weight is 291 g/mol. The van der Waals surface area contributed by atoms with Crippen molar-refractivity contribution in [3.8, 4) is 0 Å². The summed E-state index contributed by atoms with van der Waals surface area (Å²) in [5.41, 5.74) is 2.79. The fourth-order valence-corrected chi connectivity index (χ4v) is 1.35. The monoisotopic (exact) mass is 291 g/mol. The summed E-state index contributed by atoms with van der Waals surface area (Å²) in [6, 6.07) is -1.18. The van der Waals surface area contributed by atoms with Crippen LogP contribution in [0.5, 0.6) is 0 Å². The van der Waals surface area contributed by atoms with Crippen molar-refractivity contribution in [3.63, 3.8) is 0 Å². The zero-order valence-electron chi connectivity index (χ0n) is 11.0. The molecule has 5 N–H and O–H groups in total. The van der Waals surface area contributed by atoms with E-state index in [4.69, 9.17) is 21.1 Å². The maximum atomic E-state index is 11.7. The first kappa shape index (κ1) is 17.8. The van der Waals surface area contributed by atoms with Crippen molar-refractivity contribution >= 4 is 23.9 Å². The number of carboxylic acids is 3. The molecule has 0 spiro atoms. The molecule has 0 bridgehead atoms. The molecule has 0 aliphatic heterocycles. The highest BCUT2D eigenvalue weighted by Gasteiger charge is 2.48. The van der Waals surface area contributed by atoms with E-state index < -0.39 is 48.4 Å². The lowest BCUT2D eigenvalue weighted by Crippen LogP contribution is -2.50. The van der Waals surface area contributed by atoms with Gasteiger partial charge in [-0.1, -0.05) is 13.8 Å². The number of carboxylic acid groups (broad SMARTS) is 3. The summed E-state index contributed by atoms with van der Waals surface area (Å²) in [7, 11) is 0. The van der Waals surface area contributed by atoms with Gasteiger partial charge in [-0.25, -0.2) is 4.79 Å². The van der Waals surface area contributed by atoms with Gasteiger partial charge in [0.15, 0.2) is 0 Å². The van der Waals surface area contributed by atoms with Crippen molar-refractivity contribution in [2.75, 3.05) is 0 Å². The van der Waals surface area contributed by atoms with Crippen LogP contribution in [0.4, 0.5) is 0 Å². The quantitative estimate of drug-likeness (QED) is 0.422. The number of esters is 1. The second-order valence-corrected chi connectivity index (χ2v) is 4.63. The molecule has 1 unspecified atom stereocenters. The van der Waals surface area contributed by atoms with E-state index in [1.54, 1.807) is 13.8 Å². The minimum absolute atomic E-state index is 0.386. The molecule has 0 saturated carbocycles. The molecule has 0 aromatic carbocycles. The molecule has 114 valence electrons. The number of carbonyl (C=O) groups excluding carboxylic acids is 1. The molecule has 0 amide bonds. The first-order valence-corrected chi connectivity index (χ1v) is 5.67. The lowest BCUT2D eigenvalue weighted by Gasteiger charge is -2.28. The summed E-state index contributed by atoms with van der Waals surface area (Å²) in [6.07, 6.45) is -2.35. The fraction of sp³-hybridized carbons (Fsp3) is 0.636. The number of aliphatic carboxylic acids is 3. The number of hydrogen-bond donors (Lipinski definition) is 4. The highest BCUT2D eigenvalue weighted by Crippen LogP contribution is 2.23. The van der Waals surface area contributed by atoms with Crippen LogP contribution in [0.2, 0.25) is 0 Å². The minimum Gasteiger partial charge on any atom is -0.481 e. The molecule has 0 aliphatic rings. The predicted octanol–water partition coefficient (Wildman–Crippen LogP) is -0.714. The molecule has 0 heterocycles. The van der Waals surface area contributed by atoms with E-state index >= 15 is 0 Å². The number of hydrogen-bond acceptors (Lipinski definition) is 6. The van der Waals surface area contributed by atoms with Gasteiger partial charge in [0.05, 0.1) is 12.8 Å². The van der Waals surface area contributed by atoms with Gasteiger partial charge in [0.25, 0.3) is 0 Å². The van der Waals surface area contributed by atoms with Gasteiger partial charge in [-0.05, 0) is 5.92 Å². The summed E-state index contributed by atoms with van der Waals surface area (Å²) in [5.74, 6) is -6.63. The van der Waals surface area contributed by atoms with E-state index in [1.807, 2.05) is 0 Å². The maximum absolute atomic E-state index is 11.7. The second-order valence-electron chi connectivity index (χ2n) is 4.63. The van der Waals surface area contributed by atoms with E-state index in [-0.39, 0.29) is 5.92 Å². The molecule has 1 atom stereocenters. The van der Waals surface area contributed by atoms with Crippen LogP contribution in [-0.4, -0.2) is 50.8 Å². The summed E-state index contributed by atoms with van der Waals surface area (Å²) in [4.78, 5) is 44.3. The molecular weight excluding hydrogens is 274 g/mol. The summed E-state index contributed by atoms with van der Waals surface area (Å²) in [5, 5.41) is 26.4. The number of carbonyl (C=O) groups is 4. The topological polar surface area (TPSA) is 164 Å². The fourth-order valence-electron chi connectivity index (χ4n) is 1.35. The summed E-state index contributed by atoms with van der Waals surface area (Å²) in [6.45, 7) is 3.14. The van der Waals surface area contributed by atoms with Crippen LogP contribution in [0.3, 0.4) is 0 Å². The third-order valence-electron chi connectivity index (χ3n) is 2.55. The van der Waals surface area contributed by atoms with Crippen LogP contribution < -0.4 is 5.73 Å². The summed E-state index contributed by atoms with van der Waals surface area (Å²) < 4.78 is 4.62. The Labute approximate surface area is 114 Å². The molecular formula is C11H17NO8. The average Bonchev–Trinajstić information content (AvgIpc) is 2.25. The standard InChI is InChI=1S/C11H17NO8/c1-5(2)8(12)9(17)20-11(10(18)19,3-6(13)14)4-7(15)16/h5,8H,3-4,12H2,1-2H3,(H,13,14)(H,15,16)(H,18,19). The van der Waals surface area contributed by atoms with Crippen molar-refractivity contribution in [2.45, 2.75) is 38.3 Å². The van der Waals surface area contributed by atoms with Crippen molar-refractivity contribution in [1.29, 1.82) is 0 Å². The van der Waals surface area contributed by atoms with E-state index in [9.17, 15) is 19.2 Å². The Kier molecular flexibility index (Phi) is 6.11. The molecule has 0 radical (unpaired) electrons. The van der Waals surface area contributed by atoms with E-state index in [0.29, 0.717) is 0 Å². The van der Waals surface area contributed by atoms with Crippen LogP contribution in [0.25, 0.3) is 0 Å². The van der Waals surface area contributed by atoms with Gasteiger partial charge in [0.1, 0.15) is 6.04 Å². The SMILES string of the molecule is CC(C)C(N)C(=O)OC(CC(=O)O)(CC(=O)O)C(=O)O. The van der Waals surface area contributed by atoms with Crippen LogP contribution in [0.15, 0.2) is 0 Å². The van der Waals surface area contributed by atoms with Crippen LogP contribution in [0.1, 0.15) is 26.7 Å². The Morgan fingerprint density at radius 1 is 1.05 bits per heavy atom. The Morgan fingerprint density at radius 3 is 1.70 bits per heavy atom. The Morgan fingerprint density at radius 2 is 1.45 bits per heavy atom. The number of nitrogens with two attached hydrogens (primary N) is 1. The number of rotatable bonds is 8. The zero-order chi connectivity index (χ0) is 16.1. The van der Waals surface area contributed by atoms with Crippen LogP contribution >= 0.6 is 0 Å². The molecule has 0 rings (SSSR count). The second kappa shape index (κ2) is 6.85. The predicted molar refractivity (Wildman–Crippen MR) is 63.8 cm³/mol. The summed E-state index contributed by atoms with van der Waals surface area (Å²) >= 11 is 0. The first-order chi connectivity index (χ1) is 9.01. The molecule has 0 aliphatic carbocycles. The Hall–Kier alpha value is -2.16. The normalized spacial score (nSPS) is 12.8. The lowest BCUT2D eigenvalue weighted by atomic mass is 9.94. The lowest BCUT2D eigenvalue weighted by molar-refractivity contribution is -0.187. The van der Waals surface area contributed by atoms with Gasteiger partial charge in [0.2, 0.25) is 5.60 Å². The van der Waals surface area contributed by atoms with Crippen molar-refractivity contribution < 1.29 is 39.2 Å². The maximum Gasteiger partial charge on any atom is 0.349 e. The van der Waals surface area contributed by atoms with Crippen molar-refractivity contribution in [1.82, 2.24) is 0 Å². The van der Waals surface area contributed by atoms with Crippen LogP contribution in [-0.2, 0) is 23.9 Å². The third kappa shape index (κ3) is 4.84. The van der Waals surface area contributed by atoms with E-state index in [0.717, 1.165) is 0 Å². The molecule has 20 heavy (non-hydrogen) atoms. The number of ether oxygens (including phenoxy) is 1. The molecule has 9 heteroatoms. The smallest absolute Gasteiger partial charge is 0.349 e. The zero-order valence-corrected chi connectivity index (χ0v) is 11.0. The molecule has 0 aromatic rings. The highest BCUT2D eigenvalue weighted by atomic mass is 16.6. The minimum atomic E-state index is -2.68. The van der Waals surface area contributed by atoms with E-state index in [2.05, 4.69) is 4.74 Å². The van der Waals surface area contributed by atoms with Gasteiger partial charge in [-0.15, -0.1) is 0 Å². The van der Waals surface area contributed by atoms with E-state index in [1.165, 1.54) is 0 Å². The van der Waals surface area contributed by atoms with Crippen molar-refractivity contribution in [2.24, 2.45) is 11.7 Å². The molecule has 0 fully saturated rings. The molecule has 0 saturated heterocycles. The van der Waals surface area contributed by atoms with Gasteiger partial charge in [-0.3, -0.25) is 14.4 Å². The van der Waals surface area contributed by atoms with Crippen molar-refractivity contribution in [3.05, 3.63) is 0 Å². The van der Waals surface area contributed by atoms with Gasteiger partial charge in [0, 0.05) is 0 Å². The van der Waals surface area contributed by atoms with Gasteiger partial charge >= 0.3 is 23.9 Å². The van der Waals surface area contributed by atoms with Gasteiger partial charge in [-0.2, -0.15) is 0 Å². The van der Waals surface area contributed by atoms with Gasteiger partial charge < -0.3 is 25.8 Å². The molecule has 9 nitrogen and oxygen atoms in total. The third-order valence-corrected chi connectivity index (χ3v) is 2.55. The first-order valence-electron chi connectivity index (χ1n) is 5.67. The highest BCUT2D eigenvalue weighted by molar-refractivity contribution is 5.91. The molecule has 0 aromatic heterocycles. The van der Waals surface area contributed by atoms with Crippen LogP contribution in [0, 0.1) is 5.92 Å². The largest absolute Gasteiger partial charge is 0.481 e. The Bertz CT molecular complexity index is 401. The Balaban J connectivity index is 5.38.